The van der Waals surface area contributed by atoms with Crippen LogP contribution in [-0.2, 0) is 6.54 Å². The zero-order valence-corrected chi connectivity index (χ0v) is 15.6. The van der Waals surface area contributed by atoms with Gasteiger partial charge in [0.15, 0.2) is 17.5 Å². The molecule has 0 saturated carbocycles. The van der Waals surface area contributed by atoms with Crippen molar-refractivity contribution in [2.45, 2.75) is 32.7 Å². The van der Waals surface area contributed by atoms with Crippen LogP contribution < -0.4 is 15.4 Å². The minimum Gasteiger partial charge on any atom is -0.494 e. The number of hydrogen-bond acceptors (Lipinski definition) is 3. The molecule has 1 fully saturated rings. The van der Waals surface area contributed by atoms with Gasteiger partial charge in [0.2, 0.25) is 0 Å². The number of piperidine rings is 1. The molecule has 1 saturated heterocycles. The summed E-state index contributed by atoms with van der Waals surface area (Å²) in [5, 5.41) is 6.53. The van der Waals surface area contributed by atoms with E-state index in [2.05, 4.69) is 27.4 Å². The molecule has 0 bridgehead atoms. The lowest BCUT2D eigenvalue weighted by Gasteiger charge is -2.30. The van der Waals surface area contributed by atoms with E-state index < -0.39 is 0 Å². The van der Waals surface area contributed by atoms with Crippen LogP contribution in [0.25, 0.3) is 0 Å². The van der Waals surface area contributed by atoms with E-state index in [0.717, 1.165) is 37.0 Å². The van der Waals surface area contributed by atoms with Crippen molar-refractivity contribution in [1.29, 1.82) is 0 Å². The fourth-order valence-corrected chi connectivity index (χ4v) is 3.02. The van der Waals surface area contributed by atoms with E-state index in [1.54, 1.807) is 13.1 Å². The second kappa shape index (κ2) is 10.2. The number of ether oxygens (including phenoxy) is 1. The first-order valence-electron chi connectivity index (χ1n) is 9.11. The molecule has 0 amide bonds. The van der Waals surface area contributed by atoms with Crippen LogP contribution in [0.1, 0.15) is 31.7 Å². The highest BCUT2D eigenvalue weighted by Crippen LogP contribution is 2.17. The van der Waals surface area contributed by atoms with Gasteiger partial charge in [0.25, 0.3) is 0 Å². The molecule has 6 heteroatoms. The summed E-state index contributed by atoms with van der Waals surface area (Å²) in [7, 11) is 3.21. The van der Waals surface area contributed by atoms with Crippen LogP contribution in [0.3, 0.4) is 0 Å². The van der Waals surface area contributed by atoms with Crippen molar-refractivity contribution >= 4 is 5.96 Å². The fraction of sp³-hybridized carbons (Fsp3) is 0.632. The highest BCUT2D eigenvalue weighted by Gasteiger charge is 2.14. The highest BCUT2D eigenvalue weighted by atomic mass is 19.1. The Morgan fingerprint density at radius 1 is 1.32 bits per heavy atom. The topological polar surface area (TPSA) is 48.9 Å². The largest absolute Gasteiger partial charge is 0.494 e. The number of rotatable bonds is 7. The molecule has 0 aromatic heterocycles. The second-order valence-electron chi connectivity index (χ2n) is 6.70. The van der Waals surface area contributed by atoms with Crippen molar-refractivity contribution in [2.75, 3.05) is 40.3 Å². The quantitative estimate of drug-likeness (QED) is 0.451. The summed E-state index contributed by atoms with van der Waals surface area (Å²) in [4.78, 5) is 6.76. The van der Waals surface area contributed by atoms with Gasteiger partial charge in [0.05, 0.1) is 7.11 Å². The predicted molar refractivity (Wildman–Crippen MR) is 101 cm³/mol. The molecule has 2 rings (SSSR count). The number of methoxy groups -OCH3 is 1. The molecule has 0 aliphatic carbocycles. The number of benzene rings is 1. The molecule has 25 heavy (non-hydrogen) atoms. The Hall–Kier alpha value is -1.82. The number of halogens is 1. The number of nitrogens with zero attached hydrogens (tertiary/aromatic N) is 2. The maximum Gasteiger partial charge on any atom is 0.191 e. The minimum atomic E-state index is -0.347. The smallest absolute Gasteiger partial charge is 0.191 e. The molecular weight excluding hydrogens is 319 g/mol. The van der Waals surface area contributed by atoms with Crippen LogP contribution in [0.4, 0.5) is 4.39 Å². The third kappa shape index (κ3) is 6.53. The molecule has 1 aromatic carbocycles. The molecule has 1 heterocycles. The summed E-state index contributed by atoms with van der Waals surface area (Å²) in [6, 6.07) is 4.97. The molecule has 0 unspecified atom stereocenters. The van der Waals surface area contributed by atoms with Crippen molar-refractivity contribution in [3.8, 4) is 5.75 Å². The number of nitrogens with one attached hydrogen (secondary N) is 2. The standard InChI is InChI=1S/C19H31FN4O/c1-15-7-11-24(12-8-15)10-4-9-22-19(21-2)23-14-16-5-6-18(25-3)17(20)13-16/h5-6,13,15H,4,7-12,14H2,1-3H3,(H2,21,22,23). The maximum atomic E-state index is 13.7. The Kier molecular flexibility index (Phi) is 7.98. The van der Waals surface area contributed by atoms with E-state index in [9.17, 15) is 4.39 Å². The van der Waals surface area contributed by atoms with Crippen LogP contribution >= 0.6 is 0 Å². The molecule has 5 nitrogen and oxygen atoms in total. The molecule has 140 valence electrons. The van der Waals surface area contributed by atoms with Gasteiger partial charge in [-0.2, -0.15) is 0 Å². The average Bonchev–Trinajstić information content (AvgIpc) is 2.62. The van der Waals surface area contributed by atoms with Crippen LogP contribution in [0.5, 0.6) is 5.75 Å². The van der Waals surface area contributed by atoms with Gasteiger partial charge in [0, 0.05) is 20.1 Å². The second-order valence-corrected chi connectivity index (χ2v) is 6.70. The molecule has 0 radical (unpaired) electrons. The first kappa shape index (κ1) is 19.5. The molecule has 1 aliphatic heterocycles. The maximum absolute atomic E-state index is 13.7. The lowest BCUT2D eigenvalue weighted by molar-refractivity contribution is 0.191. The van der Waals surface area contributed by atoms with Crippen molar-refractivity contribution in [2.24, 2.45) is 10.9 Å². The van der Waals surface area contributed by atoms with E-state index in [1.165, 1.54) is 39.1 Å². The zero-order valence-electron chi connectivity index (χ0n) is 15.6. The van der Waals surface area contributed by atoms with Crippen molar-refractivity contribution < 1.29 is 9.13 Å². The van der Waals surface area contributed by atoms with Crippen LogP contribution in [0.15, 0.2) is 23.2 Å². The first-order chi connectivity index (χ1) is 12.1. The van der Waals surface area contributed by atoms with Crippen molar-refractivity contribution in [3.05, 3.63) is 29.6 Å². The van der Waals surface area contributed by atoms with Gasteiger partial charge in [-0.1, -0.05) is 13.0 Å². The Labute approximate surface area is 150 Å². The SMILES string of the molecule is CN=C(NCCCN1CCC(C)CC1)NCc1ccc(OC)c(F)c1. The summed E-state index contributed by atoms with van der Waals surface area (Å²) in [5.41, 5.74) is 0.851. The van der Waals surface area contributed by atoms with Gasteiger partial charge >= 0.3 is 0 Å². The van der Waals surface area contributed by atoms with Crippen molar-refractivity contribution in [3.63, 3.8) is 0 Å². The summed E-state index contributed by atoms with van der Waals surface area (Å²) < 4.78 is 18.6. The van der Waals surface area contributed by atoms with E-state index >= 15 is 0 Å². The third-order valence-electron chi connectivity index (χ3n) is 4.72. The van der Waals surface area contributed by atoms with Gasteiger partial charge in [-0.05, 0) is 62.5 Å². The number of guanidine groups is 1. The predicted octanol–water partition coefficient (Wildman–Crippen LogP) is 2.62. The molecule has 1 aliphatic rings. The lowest BCUT2D eigenvalue weighted by atomic mass is 9.99. The monoisotopic (exact) mass is 350 g/mol. The first-order valence-corrected chi connectivity index (χ1v) is 9.11. The van der Waals surface area contributed by atoms with Crippen LogP contribution in [-0.4, -0.2) is 51.2 Å². The van der Waals surface area contributed by atoms with Crippen molar-refractivity contribution in [1.82, 2.24) is 15.5 Å². The minimum absolute atomic E-state index is 0.262. The normalized spacial score (nSPS) is 16.7. The van der Waals surface area contributed by atoms with Crippen LogP contribution in [0.2, 0.25) is 0 Å². The molecule has 0 spiro atoms. The molecular formula is C19H31FN4O. The fourth-order valence-electron chi connectivity index (χ4n) is 3.02. The summed E-state index contributed by atoms with van der Waals surface area (Å²) in [5.74, 6) is 1.53. The highest BCUT2D eigenvalue weighted by molar-refractivity contribution is 5.79. The lowest BCUT2D eigenvalue weighted by Crippen LogP contribution is -2.39. The Morgan fingerprint density at radius 2 is 2.08 bits per heavy atom. The Balaban J connectivity index is 1.66. The number of likely N-dealkylation sites (tertiary alicyclic amines) is 1. The zero-order chi connectivity index (χ0) is 18.1. The number of hydrogen-bond donors (Lipinski definition) is 2. The Morgan fingerprint density at radius 3 is 2.72 bits per heavy atom. The van der Waals surface area contributed by atoms with Gasteiger partial charge in [0.1, 0.15) is 0 Å². The average molecular weight is 350 g/mol. The van der Waals surface area contributed by atoms with Crippen LogP contribution in [0, 0.1) is 11.7 Å². The molecule has 0 atom stereocenters. The number of aliphatic imine (C=N–C) groups is 1. The molecule has 2 N–H and O–H groups in total. The molecule has 1 aromatic rings. The van der Waals surface area contributed by atoms with E-state index in [1.807, 2.05) is 6.07 Å². The third-order valence-corrected chi connectivity index (χ3v) is 4.72. The van der Waals surface area contributed by atoms with Gasteiger partial charge in [-0.15, -0.1) is 0 Å². The summed E-state index contributed by atoms with van der Waals surface area (Å²) in [6.07, 6.45) is 3.72. The van der Waals surface area contributed by atoms with Gasteiger partial charge in [-0.25, -0.2) is 4.39 Å². The van der Waals surface area contributed by atoms with Gasteiger partial charge in [-0.3, -0.25) is 4.99 Å². The van der Waals surface area contributed by atoms with E-state index in [0.29, 0.717) is 6.54 Å². The van der Waals surface area contributed by atoms with E-state index in [4.69, 9.17) is 4.74 Å². The summed E-state index contributed by atoms with van der Waals surface area (Å²) >= 11 is 0. The Bertz CT molecular complexity index is 556. The summed E-state index contributed by atoms with van der Waals surface area (Å²) in [6.45, 7) is 7.30. The van der Waals surface area contributed by atoms with E-state index in [-0.39, 0.29) is 11.6 Å². The van der Waals surface area contributed by atoms with Gasteiger partial charge < -0.3 is 20.3 Å².